The maximum Gasteiger partial charge on any atom is 0.223 e. The predicted octanol–water partition coefficient (Wildman–Crippen LogP) is 1.97. The maximum atomic E-state index is 11.7. The third-order valence-electron chi connectivity index (χ3n) is 3.52. The number of rotatable bonds is 4. The number of hydrogen-bond acceptors (Lipinski definition) is 2. The van der Waals surface area contributed by atoms with Crippen molar-refractivity contribution in [3.05, 3.63) is 29.8 Å². The molecule has 1 fully saturated rings. The molecule has 1 atom stereocenters. The van der Waals surface area contributed by atoms with Crippen molar-refractivity contribution in [2.24, 2.45) is 11.3 Å². The summed E-state index contributed by atoms with van der Waals surface area (Å²) in [5.41, 5.74) is 7.80. The molecule has 0 radical (unpaired) electrons. The van der Waals surface area contributed by atoms with Gasteiger partial charge in [0.2, 0.25) is 5.91 Å². The van der Waals surface area contributed by atoms with Crippen molar-refractivity contribution in [2.75, 3.05) is 12.3 Å². The Kier molecular flexibility index (Phi) is 3.09. The van der Waals surface area contributed by atoms with Gasteiger partial charge in [0.05, 0.1) is 0 Å². The topological polar surface area (TPSA) is 55.1 Å². The Hall–Kier alpha value is -1.51. The van der Waals surface area contributed by atoms with Crippen molar-refractivity contribution in [3.63, 3.8) is 0 Å². The first kappa shape index (κ1) is 12.0. The van der Waals surface area contributed by atoms with Crippen LogP contribution >= 0.6 is 0 Å². The molecule has 1 saturated carbocycles. The summed E-state index contributed by atoms with van der Waals surface area (Å²) >= 11 is 0. The van der Waals surface area contributed by atoms with Crippen LogP contribution < -0.4 is 11.1 Å². The summed E-state index contributed by atoms with van der Waals surface area (Å²) in [4.78, 5) is 11.7. The number of amides is 1. The van der Waals surface area contributed by atoms with E-state index in [9.17, 15) is 4.79 Å². The number of hydrogen-bond donors (Lipinski definition) is 2. The number of nitrogens with one attached hydrogen (secondary N) is 1. The number of nitrogen functional groups attached to an aromatic ring is 1. The summed E-state index contributed by atoms with van der Waals surface area (Å²) in [5, 5.41) is 2.99. The molecule has 17 heavy (non-hydrogen) atoms. The van der Waals surface area contributed by atoms with Crippen molar-refractivity contribution < 1.29 is 4.79 Å². The lowest BCUT2D eigenvalue weighted by molar-refractivity contribution is -0.122. The van der Waals surface area contributed by atoms with Crippen LogP contribution in [0, 0.1) is 11.3 Å². The Bertz CT molecular complexity index is 409. The molecular formula is C14H20N2O. The zero-order chi connectivity index (χ0) is 12.5. The van der Waals surface area contributed by atoms with E-state index in [-0.39, 0.29) is 17.2 Å². The average Bonchev–Trinajstić information content (AvgIpc) is 2.91. The monoisotopic (exact) mass is 232 g/mol. The van der Waals surface area contributed by atoms with Gasteiger partial charge in [-0.1, -0.05) is 26.0 Å². The molecular weight excluding hydrogens is 212 g/mol. The van der Waals surface area contributed by atoms with E-state index in [2.05, 4.69) is 19.2 Å². The minimum atomic E-state index is 0.199. The van der Waals surface area contributed by atoms with Gasteiger partial charge in [0.25, 0.3) is 0 Å². The number of benzene rings is 1. The molecule has 92 valence electrons. The molecule has 3 heteroatoms. The fraction of sp³-hybridized carbons (Fsp3) is 0.500. The SMILES string of the molecule is CC1(C)CC1C(=O)NCCc1ccc(N)cc1. The van der Waals surface area contributed by atoms with Crippen molar-refractivity contribution >= 4 is 11.6 Å². The van der Waals surface area contributed by atoms with Crippen molar-refractivity contribution in [3.8, 4) is 0 Å². The molecule has 1 aliphatic carbocycles. The van der Waals surface area contributed by atoms with Crippen LogP contribution in [0.3, 0.4) is 0 Å². The van der Waals surface area contributed by atoms with Gasteiger partial charge in [-0.3, -0.25) is 4.79 Å². The van der Waals surface area contributed by atoms with Crippen molar-refractivity contribution in [1.29, 1.82) is 0 Å². The van der Waals surface area contributed by atoms with Crippen LogP contribution in [0.1, 0.15) is 25.8 Å². The highest BCUT2D eigenvalue weighted by molar-refractivity contribution is 5.82. The summed E-state index contributed by atoms with van der Waals surface area (Å²) < 4.78 is 0. The normalized spacial score (nSPS) is 20.9. The Labute approximate surface area is 102 Å². The number of nitrogens with two attached hydrogens (primary N) is 1. The first-order valence-electron chi connectivity index (χ1n) is 6.11. The summed E-state index contributed by atoms with van der Waals surface area (Å²) in [6, 6.07) is 7.79. The second kappa shape index (κ2) is 4.40. The highest BCUT2D eigenvalue weighted by atomic mass is 16.2. The van der Waals surface area contributed by atoms with Gasteiger partial charge in [0, 0.05) is 18.2 Å². The quantitative estimate of drug-likeness (QED) is 0.780. The lowest BCUT2D eigenvalue weighted by atomic mass is 10.1. The summed E-state index contributed by atoms with van der Waals surface area (Å²) in [6.07, 6.45) is 1.87. The molecule has 2 rings (SSSR count). The number of anilines is 1. The Balaban J connectivity index is 1.73. The highest BCUT2D eigenvalue weighted by Crippen LogP contribution is 2.51. The van der Waals surface area contributed by atoms with Gasteiger partial charge < -0.3 is 11.1 Å². The van der Waals surface area contributed by atoms with Gasteiger partial charge in [0.15, 0.2) is 0 Å². The smallest absolute Gasteiger partial charge is 0.223 e. The Morgan fingerprint density at radius 3 is 2.53 bits per heavy atom. The van der Waals surface area contributed by atoms with E-state index in [1.807, 2.05) is 24.3 Å². The molecule has 3 N–H and O–H groups in total. The van der Waals surface area contributed by atoms with Gasteiger partial charge in [-0.2, -0.15) is 0 Å². The van der Waals surface area contributed by atoms with Crippen LogP contribution in [-0.2, 0) is 11.2 Å². The van der Waals surface area contributed by atoms with Crippen molar-refractivity contribution in [1.82, 2.24) is 5.32 Å². The van der Waals surface area contributed by atoms with Gasteiger partial charge in [-0.05, 0) is 36.0 Å². The van der Waals surface area contributed by atoms with Crippen LogP contribution in [0.15, 0.2) is 24.3 Å². The van der Waals surface area contributed by atoms with E-state index in [1.165, 1.54) is 5.56 Å². The van der Waals surface area contributed by atoms with E-state index >= 15 is 0 Å². The van der Waals surface area contributed by atoms with Gasteiger partial charge >= 0.3 is 0 Å². The average molecular weight is 232 g/mol. The first-order chi connectivity index (χ1) is 7.99. The molecule has 0 aliphatic heterocycles. The second-order valence-electron chi connectivity index (χ2n) is 5.53. The third kappa shape index (κ3) is 2.99. The molecule has 1 aromatic carbocycles. The van der Waals surface area contributed by atoms with Gasteiger partial charge in [0.1, 0.15) is 0 Å². The van der Waals surface area contributed by atoms with E-state index in [0.29, 0.717) is 6.54 Å². The van der Waals surface area contributed by atoms with Crippen LogP contribution in [0.2, 0.25) is 0 Å². The van der Waals surface area contributed by atoms with Crippen LogP contribution in [0.5, 0.6) is 0 Å². The van der Waals surface area contributed by atoms with E-state index in [4.69, 9.17) is 5.73 Å². The molecule has 0 saturated heterocycles. The number of carbonyl (C=O) groups excluding carboxylic acids is 1. The summed E-state index contributed by atoms with van der Waals surface area (Å²) in [6.45, 7) is 4.98. The maximum absolute atomic E-state index is 11.7. The fourth-order valence-electron chi connectivity index (χ4n) is 2.05. The minimum absolute atomic E-state index is 0.199. The zero-order valence-corrected chi connectivity index (χ0v) is 10.5. The van der Waals surface area contributed by atoms with Crippen LogP contribution in [0.4, 0.5) is 5.69 Å². The van der Waals surface area contributed by atoms with Crippen molar-refractivity contribution in [2.45, 2.75) is 26.7 Å². The summed E-state index contributed by atoms with van der Waals surface area (Å²) in [7, 11) is 0. The molecule has 1 aromatic rings. The molecule has 0 heterocycles. The number of carbonyl (C=O) groups is 1. The molecule has 0 spiro atoms. The Morgan fingerprint density at radius 1 is 1.41 bits per heavy atom. The lowest BCUT2D eigenvalue weighted by Crippen LogP contribution is -2.28. The summed E-state index contributed by atoms with van der Waals surface area (Å²) in [5.74, 6) is 0.416. The van der Waals surface area contributed by atoms with E-state index in [1.54, 1.807) is 0 Å². The predicted molar refractivity (Wildman–Crippen MR) is 69.5 cm³/mol. The molecule has 3 nitrogen and oxygen atoms in total. The Morgan fingerprint density at radius 2 is 2.00 bits per heavy atom. The van der Waals surface area contributed by atoms with Crippen LogP contribution in [-0.4, -0.2) is 12.5 Å². The molecule has 0 bridgehead atoms. The fourth-order valence-corrected chi connectivity index (χ4v) is 2.05. The third-order valence-corrected chi connectivity index (χ3v) is 3.52. The highest BCUT2D eigenvalue weighted by Gasteiger charge is 2.50. The van der Waals surface area contributed by atoms with E-state index in [0.717, 1.165) is 18.5 Å². The minimum Gasteiger partial charge on any atom is -0.399 e. The second-order valence-corrected chi connectivity index (χ2v) is 5.53. The van der Waals surface area contributed by atoms with Gasteiger partial charge in [-0.25, -0.2) is 0 Å². The van der Waals surface area contributed by atoms with E-state index < -0.39 is 0 Å². The molecule has 1 amide bonds. The largest absolute Gasteiger partial charge is 0.399 e. The van der Waals surface area contributed by atoms with Gasteiger partial charge in [-0.15, -0.1) is 0 Å². The van der Waals surface area contributed by atoms with Crippen LogP contribution in [0.25, 0.3) is 0 Å². The standard InChI is InChI=1S/C14H20N2O/c1-14(2)9-12(14)13(17)16-8-7-10-3-5-11(15)6-4-10/h3-6,12H,7-9,15H2,1-2H3,(H,16,17). The molecule has 1 unspecified atom stereocenters. The molecule has 0 aromatic heterocycles. The first-order valence-corrected chi connectivity index (χ1v) is 6.11. The lowest BCUT2D eigenvalue weighted by Gasteiger charge is -2.06. The molecule has 1 aliphatic rings. The zero-order valence-electron chi connectivity index (χ0n) is 10.5.